The SMILES string of the molecule is Nc1snnc1CN(CCO)C1CCC1. The fraction of sp³-hybridized carbons (Fsp3) is 0.778. The van der Waals surface area contributed by atoms with Gasteiger partial charge in [-0.1, -0.05) is 10.9 Å². The minimum atomic E-state index is 0.188. The number of nitrogens with two attached hydrogens (primary N) is 1. The van der Waals surface area contributed by atoms with Gasteiger partial charge in [0.05, 0.1) is 6.61 Å². The van der Waals surface area contributed by atoms with Crippen molar-refractivity contribution in [3.8, 4) is 0 Å². The van der Waals surface area contributed by atoms with Crippen molar-refractivity contribution in [1.82, 2.24) is 14.5 Å². The molecule has 0 aliphatic heterocycles. The highest BCUT2D eigenvalue weighted by atomic mass is 32.1. The molecule has 0 bridgehead atoms. The van der Waals surface area contributed by atoms with Crippen LogP contribution in [0, 0.1) is 0 Å². The van der Waals surface area contributed by atoms with Crippen LogP contribution in [0.5, 0.6) is 0 Å². The van der Waals surface area contributed by atoms with Crippen LogP contribution in [-0.4, -0.2) is 38.8 Å². The summed E-state index contributed by atoms with van der Waals surface area (Å²) in [5.74, 6) is 0. The predicted molar refractivity (Wildman–Crippen MR) is 59.5 cm³/mol. The molecule has 0 spiro atoms. The van der Waals surface area contributed by atoms with Gasteiger partial charge in [0, 0.05) is 30.7 Å². The van der Waals surface area contributed by atoms with Crippen molar-refractivity contribution in [3.63, 3.8) is 0 Å². The Labute approximate surface area is 93.1 Å². The fourth-order valence-electron chi connectivity index (χ4n) is 1.79. The van der Waals surface area contributed by atoms with Crippen LogP contribution in [0.1, 0.15) is 25.0 Å². The second kappa shape index (κ2) is 4.87. The zero-order valence-corrected chi connectivity index (χ0v) is 9.41. The summed E-state index contributed by atoms with van der Waals surface area (Å²) in [6, 6.07) is 0.596. The van der Waals surface area contributed by atoms with Crippen molar-refractivity contribution in [3.05, 3.63) is 5.69 Å². The molecule has 1 aliphatic carbocycles. The van der Waals surface area contributed by atoms with Gasteiger partial charge in [-0.3, -0.25) is 4.90 Å². The first-order valence-electron chi connectivity index (χ1n) is 5.23. The van der Waals surface area contributed by atoms with E-state index in [0.717, 1.165) is 5.69 Å². The second-order valence-electron chi connectivity index (χ2n) is 3.86. The van der Waals surface area contributed by atoms with Gasteiger partial charge in [0.25, 0.3) is 0 Å². The van der Waals surface area contributed by atoms with E-state index < -0.39 is 0 Å². The molecule has 0 saturated heterocycles. The standard InChI is InChI=1S/C9H16N4OS/c10-9-8(11-12-15-9)6-13(4-5-14)7-2-1-3-7/h7,14H,1-6,10H2. The molecule has 1 aromatic heterocycles. The van der Waals surface area contributed by atoms with E-state index in [-0.39, 0.29) is 6.61 Å². The number of hydrogen-bond donors (Lipinski definition) is 2. The Morgan fingerprint density at radius 2 is 2.33 bits per heavy atom. The highest BCUT2D eigenvalue weighted by molar-refractivity contribution is 7.09. The molecule has 0 unspecified atom stereocenters. The molecule has 0 amide bonds. The average molecular weight is 228 g/mol. The van der Waals surface area contributed by atoms with Gasteiger partial charge >= 0.3 is 0 Å². The van der Waals surface area contributed by atoms with Crippen LogP contribution in [0.3, 0.4) is 0 Å². The topological polar surface area (TPSA) is 75.3 Å². The number of anilines is 1. The van der Waals surface area contributed by atoms with Gasteiger partial charge in [-0.15, -0.1) is 5.10 Å². The molecule has 1 fully saturated rings. The Hall–Kier alpha value is -0.720. The maximum atomic E-state index is 9.00. The minimum absolute atomic E-state index is 0.188. The quantitative estimate of drug-likeness (QED) is 0.766. The molecule has 3 N–H and O–H groups in total. The summed E-state index contributed by atoms with van der Waals surface area (Å²) in [5, 5.41) is 13.7. The Morgan fingerprint density at radius 3 is 2.80 bits per heavy atom. The van der Waals surface area contributed by atoms with Crippen molar-refractivity contribution in [2.45, 2.75) is 31.8 Å². The van der Waals surface area contributed by atoms with Gasteiger partial charge in [-0.25, -0.2) is 0 Å². The molecular weight excluding hydrogens is 212 g/mol. The van der Waals surface area contributed by atoms with Crippen LogP contribution in [0.4, 0.5) is 5.00 Å². The molecular formula is C9H16N4OS. The molecule has 84 valence electrons. The molecule has 1 heterocycles. The third kappa shape index (κ3) is 2.45. The molecule has 15 heavy (non-hydrogen) atoms. The van der Waals surface area contributed by atoms with Crippen LogP contribution in [0.25, 0.3) is 0 Å². The van der Waals surface area contributed by atoms with E-state index in [1.54, 1.807) is 0 Å². The molecule has 1 saturated carbocycles. The third-order valence-corrected chi connectivity index (χ3v) is 3.51. The lowest BCUT2D eigenvalue weighted by Crippen LogP contribution is -2.41. The third-order valence-electron chi connectivity index (χ3n) is 2.92. The molecule has 6 heteroatoms. The molecule has 0 atom stereocenters. The number of aliphatic hydroxyl groups is 1. The van der Waals surface area contributed by atoms with E-state index in [9.17, 15) is 0 Å². The van der Waals surface area contributed by atoms with Gasteiger partial charge in [0.1, 0.15) is 10.7 Å². The van der Waals surface area contributed by atoms with E-state index in [2.05, 4.69) is 14.5 Å². The van der Waals surface area contributed by atoms with E-state index in [1.807, 2.05) is 0 Å². The maximum absolute atomic E-state index is 9.00. The summed E-state index contributed by atoms with van der Waals surface area (Å²) in [6.45, 7) is 1.60. The number of aromatic nitrogens is 2. The number of nitrogens with zero attached hydrogens (tertiary/aromatic N) is 3. The van der Waals surface area contributed by atoms with Gasteiger partial charge in [-0.2, -0.15) is 0 Å². The van der Waals surface area contributed by atoms with Crippen LogP contribution < -0.4 is 5.73 Å². The monoisotopic (exact) mass is 228 g/mol. The smallest absolute Gasteiger partial charge is 0.132 e. The van der Waals surface area contributed by atoms with Crippen LogP contribution in [0.2, 0.25) is 0 Å². The second-order valence-corrected chi connectivity index (χ2v) is 4.65. The zero-order chi connectivity index (χ0) is 10.7. The highest BCUT2D eigenvalue weighted by Gasteiger charge is 2.25. The van der Waals surface area contributed by atoms with Crippen molar-refractivity contribution >= 4 is 16.5 Å². The first kappa shape index (κ1) is 10.8. The van der Waals surface area contributed by atoms with E-state index in [4.69, 9.17) is 10.8 Å². The van der Waals surface area contributed by atoms with Crippen molar-refractivity contribution in [2.24, 2.45) is 0 Å². The summed E-state index contributed by atoms with van der Waals surface area (Å²) in [6.07, 6.45) is 3.73. The lowest BCUT2D eigenvalue weighted by molar-refractivity contribution is 0.0935. The van der Waals surface area contributed by atoms with Crippen molar-refractivity contribution in [2.75, 3.05) is 18.9 Å². The summed E-state index contributed by atoms with van der Waals surface area (Å²) in [7, 11) is 0. The molecule has 1 aromatic rings. The van der Waals surface area contributed by atoms with Crippen molar-refractivity contribution in [1.29, 1.82) is 0 Å². The first-order chi connectivity index (χ1) is 7.31. The highest BCUT2D eigenvalue weighted by Crippen LogP contribution is 2.26. The van der Waals surface area contributed by atoms with Gasteiger partial charge in [0.15, 0.2) is 0 Å². The summed E-state index contributed by atoms with van der Waals surface area (Å²) >= 11 is 1.23. The average Bonchev–Trinajstić information content (AvgIpc) is 2.49. The molecule has 2 rings (SSSR count). The molecule has 0 aromatic carbocycles. The Kier molecular flexibility index (Phi) is 3.50. The van der Waals surface area contributed by atoms with E-state index >= 15 is 0 Å². The summed E-state index contributed by atoms with van der Waals surface area (Å²) in [4.78, 5) is 2.25. The van der Waals surface area contributed by atoms with Crippen LogP contribution in [-0.2, 0) is 6.54 Å². The Morgan fingerprint density at radius 1 is 1.53 bits per heavy atom. The largest absolute Gasteiger partial charge is 0.395 e. The minimum Gasteiger partial charge on any atom is -0.395 e. The molecule has 5 nitrogen and oxygen atoms in total. The number of nitrogen functional groups attached to an aromatic ring is 1. The number of aliphatic hydroxyl groups excluding tert-OH is 1. The normalized spacial score (nSPS) is 16.9. The Balaban J connectivity index is 1.96. The van der Waals surface area contributed by atoms with Crippen LogP contribution >= 0.6 is 11.5 Å². The van der Waals surface area contributed by atoms with Crippen LogP contribution in [0.15, 0.2) is 0 Å². The number of rotatable bonds is 5. The van der Waals surface area contributed by atoms with E-state index in [1.165, 1.54) is 30.8 Å². The van der Waals surface area contributed by atoms with Gasteiger partial charge in [-0.05, 0) is 12.8 Å². The lowest BCUT2D eigenvalue weighted by atomic mass is 9.91. The summed E-state index contributed by atoms with van der Waals surface area (Å²) < 4.78 is 3.82. The van der Waals surface area contributed by atoms with Gasteiger partial charge < -0.3 is 10.8 Å². The lowest BCUT2D eigenvalue weighted by Gasteiger charge is -2.36. The molecule has 1 aliphatic rings. The maximum Gasteiger partial charge on any atom is 0.132 e. The number of hydrogen-bond acceptors (Lipinski definition) is 6. The summed E-state index contributed by atoms with van der Waals surface area (Å²) in [5.41, 5.74) is 6.60. The predicted octanol–water partition coefficient (Wildman–Crippen LogP) is 0.467. The fourth-order valence-corrected chi connectivity index (χ4v) is 2.23. The first-order valence-corrected chi connectivity index (χ1v) is 6.00. The van der Waals surface area contributed by atoms with Crippen molar-refractivity contribution < 1.29 is 5.11 Å². The van der Waals surface area contributed by atoms with E-state index in [0.29, 0.717) is 24.1 Å². The molecule has 0 radical (unpaired) electrons. The Bertz CT molecular complexity index is 313. The van der Waals surface area contributed by atoms with Gasteiger partial charge in [0.2, 0.25) is 0 Å². The zero-order valence-electron chi connectivity index (χ0n) is 8.59.